The Morgan fingerprint density at radius 3 is 2.78 bits per heavy atom. The Morgan fingerprint density at radius 2 is 2.11 bits per heavy atom. The number of rotatable bonds is 3. The average Bonchev–Trinajstić information content (AvgIpc) is 2.40. The lowest BCUT2D eigenvalue weighted by atomic mass is 10.0. The Balaban J connectivity index is 1.94. The maximum absolute atomic E-state index is 11.6. The van der Waals surface area contributed by atoms with Gasteiger partial charge in [-0.2, -0.15) is 0 Å². The SMILES string of the molecule is O=C(ON=CC1(Cl)C=CC=CC1)c1ccccc1. The van der Waals surface area contributed by atoms with E-state index in [1.807, 2.05) is 24.3 Å². The van der Waals surface area contributed by atoms with Crippen molar-refractivity contribution in [2.24, 2.45) is 5.16 Å². The van der Waals surface area contributed by atoms with Crippen LogP contribution in [0.25, 0.3) is 0 Å². The van der Waals surface area contributed by atoms with Crippen molar-refractivity contribution in [3.63, 3.8) is 0 Å². The molecule has 0 aromatic heterocycles. The summed E-state index contributed by atoms with van der Waals surface area (Å²) in [6.07, 6.45) is 9.52. The number of benzene rings is 1. The van der Waals surface area contributed by atoms with Crippen molar-refractivity contribution < 1.29 is 9.63 Å². The molecule has 0 aliphatic heterocycles. The first-order valence-electron chi connectivity index (χ1n) is 5.54. The number of hydrogen-bond acceptors (Lipinski definition) is 3. The maximum Gasteiger partial charge on any atom is 0.365 e. The smallest absolute Gasteiger partial charge is 0.313 e. The number of nitrogens with zero attached hydrogens (tertiary/aromatic N) is 1. The van der Waals surface area contributed by atoms with Crippen LogP contribution >= 0.6 is 11.6 Å². The monoisotopic (exact) mass is 261 g/mol. The minimum Gasteiger partial charge on any atom is -0.313 e. The van der Waals surface area contributed by atoms with Crippen molar-refractivity contribution in [3.05, 3.63) is 60.2 Å². The summed E-state index contributed by atoms with van der Waals surface area (Å²) in [5.41, 5.74) is 0.456. The van der Waals surface area contributed by atoms with Crippen LogP contribution in [0.2, 0.25) is 0 Å². The normalized spacial score (nSPS) is 22.3. The van der Waals surface area contributed by atoms with Gasteiger partial charge in [0, 0.05) is 0 Å². The summed E-state index contributed by atoms with van der Waals surface area (Å²) >= 11 is 6.23. The van der Waals surface area contributed by atoms with Gasteiger partial charge in [0.1, 0.15) is 4.87 Å². The van der Waals surface area contributed by atoms with E-state index >= 15 is 0 Å². The Morgan fingerprint density at radius 1 is 1.33 bits per heavy atom. The Kier molecular flexibility index (Phi) is 3.95. The summed E-state index contributed by atoms with van der Waals surface area (Å²) in [6.45, 7) is 0. The number of alkyl halides is 1. The van der Waals surface area contributed by atoms with Crippen molar-refractivity contribution in [2.75, 3.05) is 0 Å². The van der Waals surface area contributed by atoms with Crippen LogP contribution in [-0.4, -0.2) is 17.1 Å². The molecule has 1 aliphatic carbocycles. The van der Waals surface area contributed by atoms with Gasteiger partial charge < -0.3 is 4.84 Å². The van der Waals surface area contributed by atoms with Crippen molar-refractivity contribution in [1.82, 2.24) is 0 Å². The van der Waals surface area contributed by atoms with E-state index in [-0.39, 0.29) is 0 Å². The van der Waals surface area contributed by atoms with Crippen LogP contribution in [0, 0.1) is 0 Å². The van der Waals surface area contributed by atoms with Gasteiger partial charge in [-0.3, -0.25) is 0 Å². The molecule has 1 unspecified atom stereocenters. The zero-order valence-corrected chi connectivity index (χ0v) is 10.4. The molecule has 4 heteroatoms. The lowest BCUT2D eigenvalue weighted by Gasteiger charge is -2.17. The highest BCUT2D eigenvalue weighted by molar-refractivity contribution is 6.34. The molecule has 0 radical (unpaired) electrons. The molecule has 0 bridgehead atoms. The number of hydrogen-bond donors (Lipinski definition) is 0. The second-order valence-corrected chi connectivity index (χ2v) is 4.60. The molecule has 1 atom stereocenters. The molecule has 1 aliphatic rings. The Labute approximate surface area is 110 Å². The number of carbonyl (C=O) groups is 1. The molecular formula is C14H12ClNO2. The molecule has 0 spiro atoms. The molecule has 0 amide bonds. The lowest BCUT2D eigenvalue weighted by molar-refractivity contribution is 0.0518. The van der Waals surface area contributed by atoms with Gasteiger partial charge in [-0.25, -0.2) is 4.79 Å². The standard InChI is InChI=1S/C14H12ClNO2/c15-14(9-5-2-6-10-14)11-16-18-13(17)12-7-3-1-4-8-12/h1-9,11H,10H2. The van der Waals surface area contributed by atoms with Crippen LogP contribution in [0.3, 0.4) is 0 Å². The maximum atomic E-state index is 11.6. The predicted octanol–water partition coefficient (Wildman–Crippen LogP) is 3.32. The van der Waals surface area contributed by atoms with E-state index in [1.54, 1.807) is 30.3 Å². The van der Waals surface area contributed by atoms with Gasteiger partial charge in [0.2, 0.25) is 0 Å². The minimum absolute atomic E-state index is 0.456. The molecular weight excluding hydrogens is 250 g/mol. The first-order chi connectivity index (χ1) is 8.70. The van der Waals surface area contributed by atoms with E-state index in [2.05, 4.69) is 5.16 Å². The number of carbonyl (C=O) groups excluding carboxylic acids is 1. The molecule has 0 fully saturated rings. The quantitative estimate of drug-likeness (QED) is 0.362. The minimum atomic E-state index is -0.703. The third kappa shape index (κ3) is 3.31. The Bertz CT molecular complexity index is 508. The van der Waals surface area contributed by atoms with E-state index in [4.69, 9.17) is 16.4 Å². The van der Waals surface area contributed by atoms with Crippen LogP contribution in [0.5, 0.6) is 0 Å². The largest absolute Gasteiger partial charge is 0.365 e. The highest BCUT2D eigenvalue weighted by Crippen LogP contribution is 2.23. The molecule has 1 aromatic rings. The van der Waals surface area contributed by atoms with Gasteiger partial charge in [-0.15, -0.1) is 11.6 Å². The highest BCUT2D eigenvalue weighted by atomic mass is 35.5. The third-order valence-electron chi connectivity index (χ3n) is 2.46. The van der Waals surface area contributed by atoms with Gasteiger partial charge in [0.05, 0.1) is 11.8 Å². The number of allylic oxidation sites excluding steroid dienone is 4. The molecule has 92 valence electrons. The Hall–Kier alpha value is -1.87. The van der Waals surface area contributed by atoms with Crippen molar-refractivity contribution >= 4 is 23.8 Å². The lowest BCUT2D eigenvalue weighted by Crippen LogP contribution is -2.21. The molecule has 0 heterocycles. The zero-order chi connectivity index (χ0) is 12.8. The summed E-state index contributed by atoms with van der Waals surface area (Å²) in [4.78, 5) is 15.7. The van der Waals surface area contributed by atoms with Crippen molar-refractivity contribution in [2.45, 2.75) is 11.3 Å². The fourth-order valence-corrected chi connectivity index (χ4v) is 1.70. The summed E-state index contributed by atoms with van der Waals surface area (Å²) < 4.78 is 0. The fourth-order valence-electron chi connectivity index (χ4n) is 1.50. The summed E-state index contributed by atoms with van der Waals surface area (Å²) in [7, 11) is 0. The van der Waals surface area contributed by atoms with Gasteiger partial charge >= 0.3 is 5.97 Å². The first kappa shape index (κ1) is 12.6. The molecule has 3 nitrogen and oxygen atoms in total. The van der Waals surface area contributed by atoms with Crippen LogP contribution < -0.4 is 0 Å². The fraction of sp³-hybridized carbons (Fsp3) is 0.143. The molecule has 18 heavy (non-hydrogen) atoms. The van der Waals surface area contributed by atoms with Crippen LogP contribution in [0.15, 0.2) is 59.8 Å². The average molecular weight is 262 g/mol. The van der Waals surface area contributed by atoms with Gasteiger partial charge in [-0.05, 0) is 18.6 Å². The first-order valence-corrected chi connectivity index (χ1v) is 5.92. The van der Waals surface area contributed by atoms with E-state index in [1.165, 1.54) is 6.21 Å². The molecule has 1 aromatic carbocycles. The van der Waals surface area contributed by atoms with Crippen molar-refractivity contribution in [1.29, 1.82) is 0 Å². The predicted molar refractivity (Wildman–Crippen MR) is 71.8 cm³/mol. The number of oxime groups is 1. The van der Waals surface area contributed by atoms with Crippen LogP contribution in [0.4, 0.5) is 0 Å². The zero-order valence-electron chi connectivity index (χ0n) is 9.62. The second-order valence-electron chi connectivity index (χ2n) is 3.90. The van der Waals surface area contributed by atoms with Gasteiger partial charge in [0.15, 0.2) is 0 Å². The van der Waals surface area contributed by atoms with Gasteiger partial charge in [-0.1, -0.05) is 47.7 Å². The molecule has 0 saturated carbocycles. The van der Waals surface area contributed by atoms with Crippen LogP contribution in [-0.2, 0) is 4.84 Å². The van der Waals surface area contributed by atoms with Crippen LogP contribution in [0.1, 0.15) is 16.8 Å². The summed E-state index contributed by atoms with van der Waals surface area (Å²) in [5.74, 6) is -0.498. The molecule has 2 rings (SSSR count). The van der Waals surface area contributed by atoms with E-state index in [0.29, 0.717) is 12.0 Å². The topological polar surface area (TPSA) is 38.7 Å². The van der Waals surface area contributed by atoms with E-state index in [9.17, 15) is 4.79 Å². The van der Waals surface area contributed by atoms with Crippen molar-refractivity contribution in [3.8, 4) is 0 Å². The third-order valence-corrected chi connectivity index (χ3v) is 2.84. The molecule has 0 saturated heterocycles. The highest BCUT2D eigenvalue weighted by Gasteiger charge is 2.21. The summed E-state index contributed by atoms with van der Waals surface area (Å²) in [5, 5.41) is 3.65. The molecule has 0 N–H and O–H groups in total. The van der Waals surface area contributed by atoms with E-state index in [0.717, 1.165) is 0 Å². The summed E-state index contributed by atoms with van der Waals surface area (Å²) in [6, 6.07) is 8.68. The van der Waals surface area contributed by atoms with Gasteiger partial charge in [0.25, 0.3) is 0 Å². The van der Waals surface area contributed by atoms with E-state index < -0.39 is 10.8 Å². The second kappa shape index (κ2) is 5.65. The number of halogens is 1.